The number of benzene rings is 1. The largest absolute Gasteiger partial charge is 0.388 e. The average molecular weight is 260 g/mol. The normalized spacial score (nSPS) is 12.6. The third-order valence-corrected chi connectivity index (χ3v) is 4.05. The van der Waals surface area contributed by atoms with Crippen LogP contribution in [0.25, 0.3) is 0 Å². The summed E-state index contributed by atoms with van der Waals surface area (Å²) in [5, 5.41) is 12.3. The minimum absolute atomic E-state index is 0.330. The lowest BCUT2D eigenvalue weighted by Gasteiger charge is -2.12. The van der Waals surface area contributed by atoms with Crippen LogP contribution in [0, 0.1) is 13.8 Å². The molecule has 1 aromatic heterocycles. The second-order valence-electron chi connectivity index (χ2n) is 4.91. The Bertz CT molecular complexity index is 468. The second kappa shape index (κ2) is 6.17. The van der Waals surface area contributed by atoms with Crippen LogP contribution in [0.4, 0.5) is 0 Å². The molecule has 1 nitrogen and oxygen atoms in total. The molecule has 0 amide bonds. The van der Waals surface area contributed by atoms with Gasteiger partial charge in [0, 0.05) is 4.88 Å². The minimum Gasteiger partial charge on any atom is -0.388 e. The first-order valence-electron chi connectivity index (χ1n) is 6.44. The first kappa shape index (κ1) is 13.3. The van der Waals surface area contributed by atoms with E-state index in [1.165, 1.54) is 16.0 Å². The van der Waals surface area contributed by atoms with Gasteiger partial charge in [0.15, 0.2) is 0 Å². The molecule has 0 aliphatic rings. The van der Waals surface area contributed by atoms with Gasteiger partial charge < -0.3 is 5.11 Å². The Morgan fingerprint density at radius 2 is 1.89 bits per heavy atom. The van der Waals surface area contributed by atoms with Crippen molar-refractivity contribution in [3.8, 4) is 0 Å². The van der Waals surface area contributed by atoms with Crippen molar-refractivity contribution in [2.24, 2.45) is 0 Å². The third kappa shape index (κ3) is 3.69. The molecule has 0 radical (unpaired) electrons. The molecule has 1 atom stereocenters. The predicted octanol–water partition coefficient (Wildman–Crippen LogP) is 4.42. The van der Waals surface area contributed by atoms with Crippen LogP contribution >= 0.6 is 11.3 Å². The number of hydrogen-bond acceptors (Lipinski definition) is 2. The fourth-order valence-corrected chi connectivity index (χ4v) is 3.04. The summed E-state index contributed by atoms with van der Waals surface area (Å²) in [5.41, 5.74) is 3.50. The SMILES string of the molecule is Cc1cc(C)cc(C(O)CCCc2cccs2)c1. The molecule has 0 saturated carbocycles. The van der Waals surface area contributed by atoms with E-state index in [2.05, 4.69) is 49.6 Å². The van der Waals surface area contributed by atoms with Gasteiger partial charge in [-0.2, -0.15) is 0 Å². The molecule has 0 spiro atoms. The van der Waals surface area contributed by atoms with Gasteiger partial charge in [-0.05, 0) is 50.1 Å². The van der Waals surface area contributed by atoms with Gasteiger partial charge in [0.1, 0.15) is 0 Å². The molecule has 2 aromatic rings. The van der Waals surface area contributed by atoms with Crippen molar-refractivity contribution in [1.29, 1.82) is 0 Å². The molecular weight excluding hydrogens is 240 g/mol. The Hall–Kier alpha value is -1.12. The average Bonchev–Trinajstić information content (AvgIpc) is 2.80. The Morgan fingerprint density at radius 1 is 1.17 bits per heavy atom. The summed E-state index contributed by atoms with van der Waals surface area (Å²) in [5.74, 6) is 0. The first-order chi connectivity index (χ1) is 8.65. The Balaban J connectivity index is 1.89. The summed E-state index contributed by atoms with van der Waals surface area (Å²) < 4.78 is 0. The van der Waals surface area contributed by atoms with Gasteiger partial charge in [-0.15, -0.1) is 11.3 Å². The highest BCUT2D eigenvalue weighted by molar-refractivity contribution is 7.09. The molecule has 18 heavy (non-hydrogen) atoms. The highest BCUT2D eigenvalue weighted by atomic mass is 32.1. The Labute approximate surface area is 113 Å². The lowest BCUT2D eigenvalue weighted by atomic mass is 9.99. The zero-order chi connectivity index (χ0) is 13.0. The van der Waals surface area contributed by atoms with Crippen molar-refractivity contribution >= 4 is 11.3 Å². The predicted molar refractivity (Wildman–Crippen MR) is 78.1 cm³/mol. The van der Waals surface area contributed by atoms with Crippen molar-refractivity contribution in [2.75, 3.05) is 0 Å². The Kier molecular flexibility index (Phi) is 4.56. The van der Waals surface area contributed by atoms with Crippen LogP contribution in [0.5, 0.6) is 0 Å². The van der Waals surface area contributed by atoms with Gasteiger partial charge in [-0.3, -0.25) is 0 Å². The lowest BCUT2D eigenvalue weighted by Crippen LogP contribution is -1.99. The van der Waals surface area contributed by atoms with E-state index >= 15 is 0 Å². The van der Waals surface area contributed by atoms with Crippen molar-refractivity contribution in [3.63, 3.8) is 0 Å². The third-order valence-electron chi connectivity index (χ3n) is 3.11. The van der Waals surface area contributed by atoms with Crippen LogP contribution in [0.1, 0.15) is 40.5 Å². The van der Waals surface area contributed by atoms with E-state index in [9.17, 15) is 5.11 Å². The number of rotatable bonds is 5. The molecule has 1 unspecified atom stereocenters. The van der Waals surface area contributed by atoms with E-state index in [1.54, 1.807) is 11.3 Å². The van der Waals surface area contributed by atoms with Crippen LogP contribution in [0.15, 0.2) is 35.7 Å². The van der Waals surface area contributed by atoms with Crippen LogP contribution < -0.4 is 0 Å². The molecule has 0 bridgehead atoms. The monoisotopic (exact) mass is 260 g/mol. The van der Waals surface area contributed by atoms with Gasteiger partial charge in [0.05, 0.1) is 6.10 Å². The fourth-order valence-electron chi connectivity index (χ4n) is 2.29. The van der Waals surface area contributed by atoms with E-state index in [1.807, 2.05) is 0 Å². The van der Waals surface area contributed by atoms with Crippen molar-refractivity contribution < 1.29 is 5.11 Å². The van der Waals surface area contributed by atoms with Gasteiger partial charge in [0.25, 0.3) is 0 Å². The summed E-state index contributed by atoms with van der Waals surface area (Å²) in [4.78, 5) is 1.41. The molecule has 0 aliphatic heterocycles. The number of thiophene rings is 1. The van der Waals surface area contributed by atoms with E-state index in [4.69, 9.17) is 0 Å². The quantitative estimate of drug-likeness (QED) is 0.843. The van der Waals surface area contributed by atoms with Crippen molar-refractivity contribution in [1.82, 2.24) is 0 Å². The number of aryl methyl sites for hydroxylation is 3. The lowest BCUT2D eigenvalue weighted by molar-refractivity contribution is 0.164. The van der Waals surface area contributed by atoms with Crippen LogP contribution in [-0.2, 0) is 6.42 Å². The van der Waals surface area contributed by atoms with E-state index in [-0.39, 0.29) is 6.10 Å². The van der Waals surface area contributed by atoms with Gasteiger partial charge in [-0.25, -0.2) is 0 Å². The maximum Gasteiger partial charge on any atom is 0.0790 e. The molecule has 96 valence electrons. The standard InChI is InChI=1S/C16H20OS/c1-12-9-13(2)11-14(10-12)16(17)7-3-5-15-6-4-8-18-15/h4,6,8-11,16-17H,3,5,7H2,1-2H3. The van der Waals surface area contributed by atoms with Gasteiger partial charge in [-0.1, -0.05) is 35.4 Å². The van der Waals surface area contributed by atoms with E-state index in [0.29, 0.717) is 0 Å². The zero-order valence-electron chi connectivity index (χ0n) is 11.0. The molecule has 1 heterocycles. The van der Waals surface area contributed by atoms with Crippen LogP contribution in [0.2, 0.25) is 0 Å². The first-order valence-corrected chi connectivity index (χ1v) is 7.32. The van der Waals surface area contributed by atoms with Crippen molar-refractivity contribution in [3.05, 3.63) is 57.3 Å². The number of hydrogen-bond donors (Lipinski definition) is 1. The highest BCUT2D eigenvalue weighted by Crippen LogP contribution is 2.22. The van der Waals surface area contributed by atoms with E-state index < -0.39 is 0 Å². The molecule has 2 heteroatoms. The molecule has 0 saturated heterocycles. The molecule has 0 aliphatic carbocycles. The maximum atomic E-state index is 10.2. The molecule has 2 rings (SSSR count). The summed E-state index contributed by atoms with van der Waals surface area (Å²) in [6.45, 7) is 4.16. The molecular formula is C16H20OS. The number of aliphatic hydroxyl groups is 1. The molecule has 0 fully saturated rings. The number of aliphatic hydroxyl groups excluding tert-OH is 1. The van der Waals surface area contributed by atoms with Crippen LogP contribution in [0.3, 0.4) is 0 Å². The smallest absolute Gasteiger partial charge is 0.0790 e. The molecule has 1 N–H and O–H groups in total. The zero-order valence-corrected chi connectivity index (χ0v) is 11.8. The van der Waals surface area contributed by atoms with E-state index in [0.717, 1.165) is 24.8 Å². The topological polar surface area (TPSA) is 20.2 Å². The highest BCUT2D eigenvalue weighted by Gasteiger charge is 2.08. The maximum absolute atomic E-state index is 10.2. The van der Waals surface area contributed by atoms with Crippen LogP contribution in [-0.4, -0.2) is 5.11 Å². The summed E-state index contributed by atoms with van der Waals surface area (Å²) in [7, 11) is 0. The molecule has 1 aromatic carbocycles. The summed E-state index contributed by atoms with van der Waals surface area (Å²) >= 11 is 1.79. The van der Waals surface area contributed by atoms with Crippen molar-refractivity contribution in [2.45, 2.75) is 39.2 Å². The fraction of sp³-hybridized carbons (Fsp3) is 0.375. The van der Waals surface area contributed by atoms with Gasteiger partial charge >= 0.3 is 0 Å². The summed E-state index contributed by atoms with van der Waals surface area (Å²) in [6, 6.07) is 10.6. The van der Waals surface area contributed by atoms with Gasteiger partial charge in [0.2, 0.25) is 0 Å². The second-order valence-corrected chi connectivity index (χ2v) is 5.94. The summed E-state index contributed by atoms with van der Waals surface area (Å²) in [6.07, 6.45) is 2.61. The Morgan fingerprint density at radius 3 is 2.50 bits per heavy atom. The minimum atomic E-state index is -0.330.